The maximum Gasteiger partial charge on any atom is 0.224 e. The summed E-state index contributed by atoms with van der Waals surface area (Å²) in [7, 11) is 0. The van der Waals surface area contributed by atoms with Gasteiger partial charge in [0.15, 0.2) is 0 Å². The van der Waals surface area contributed by atoms with Crippen molar-refractivity contribution in [1.29, 1.82) is 0 Å². The lowest BCUT2D eigenvalue weighted by Crippen LogP contribution is -2.35. The van der Waals surface area contributed by atoms with Gasteiger partial charge in [-0.3, -0.25) is 4.79 Å². The monoisotopic (exact) mass is 213 g/mol. The molecule has 0 saturated heterocycles. The third kappa shape index (κ3) is 1.00. The van der Waals surface area contributed by atoms with E-state index in [4.69, 9.17) is 6.57 Å². The Morgan fingerprint density at radius 1 is 1.50 bits per heavy atom. The Morgan fingerprint density at radius 2 is 2.31 bits per heavy atom. The predicted molar refractivity (Wildman–Crippen MR) is 61.8 cm³/mol. The fourth-order valence-corrected chi connectivity index (χ4v) is 2.65. The van der Waals surface area contributed by atoms with E-state index < -0.39 is 0 Å². The van der Waals surface area contributed by atoms with Gasteiger partial charge in [0, 0.05) is 24.1 Å². The van der Waals surface area contributed by atoms with Gasteiger partial charge in [-0.15, -0.1) is 0 Å². The van der Waals surface area contributed by atoms with Crippen molar-refractivity contribution in [2.75, 3.05) is 17.2 Å². The second kappa shape index (κ2) is 2.76. The van der Waals surface area contributed by atoms with Crippen LogP contribution in [0.1, 0.15) is 18.9 Å². The van der Waals surface area contributed by atoms with Crippen molar-refractivity contribution in [3.63, 3.8) is 0 Å². The highest BCUT2D eigenvalue weighted by Gasteiger charge is 2.42. The highest BCUT2D eigenvalue weighted by Crippen LogP contribution is 2.49. The van der Waals surface area contributed by atoms with Crippen LogP contribution in [-0.4, -0.2) is 12.5 Å². The average molecular weight is 213 g/mol. The Bertz CT molecular complexity index is 544. The zero-order valence-electron chi connectivity index (χ0n) is 8.92. The number of benzene rings is 1. The minimum Gasteiger partial charge on any atom is -0.384 e. The van der Waals surface area contributed by atoms with E-state index in [1.165, 1.54) is 0 Å². The number of amides is 1. The molecular formula is C12H11N3O. The van der Waals surface area contributed by atoms with Gasteiger partial charge in [0.05, 0.1) is 12.3 Å². The van der Waals surface area contributed by atoms with Crippen LogP contribution < -0.4 is 10.6 Å². The summed E-state index contributed by atoms with van der Waals surface area (Å²) in [6.45, 7) is 9.96. The molecule has 1 amide bonds. The van der Waals surface area contributed by atoms with Crippen LogP contribution in [0.2, 0.25) is 0 Å². The molecule has 0 fully saturated rings. The summed E-state index contributed by atoms with van der Waals surface area (Å²) in [5.74, 6) is 0.000694. The summed E-state index contributed by atoms with van der Waals surface area (Å²) in [6, 6.07) is 3.68. The molecule has 0 radical (unpaired) electrons. The molecule has 0 bridgehead atoms. The molecule has 2 heterocycles. The molecule has 80 valence electrons. The zero-order valence-corrected chi connectivity index (χ0v) is 8.92. The molecule has 2 aliphatic rings. The molecule has 2 N–H and O–H groups in total. The summed E-state index contributed by atoms with van der Waals surface area (Å²) in [5.41, 5.74) is 3.22. The van der Waals surface area contributed by atoms with E-state index in [1.54, 1.807) is 6.07 Å². The van der Waals surface area contributed by atoms with E-state index in [0.29, 0.717) is 17.8 Å². The fourth-order valence-electron chi connectivity index (χ4n) is 2.65. The van der Waals surface area contributed by atoms with E-state index in [0.717, 1.165) is 17.8 Å². The first-order chi connectivity index (χ1) is 7.64. The first-order valence-corrected chi connectivity index (χ1v) is 5.23. The molecule has 3 rings (SSSR count). The van der Waals surface area contributed by atoms with Gasteiger partial charge in [0.1, 0.15) is 0 Å². The van der Waals surface area contributed by atoms with Crippen LogP contribution in [-0.2, 0) is 10.2 Å². The van der Waals surface area contributed by atoms with Crippen molar-refractivity contribution < 1.29 is 4.79 Å². The molecule has 0 saturated carbocycles. The summed E-state index contributed by atoms with van der Waals surface area (Å²) in [5, 5.41) is 6.12. The minimum atomic E-state index is -0.159. The number of rotatable bonds is 0. The number of nitrogens with one attached hydrogen (secondary N) is 2. The molecule has 16 heavy (non-hydrogen) atoms. The van der Waals surface area contributed by atoms with Gasteiger partial charge in [-0.2, -0.15) is 0 Å². The summed E-state index contributed by atoms with van der Waals surface area (Å²) in [4.78, 5) is 15.1. The fraction of sp³-hybridized carbons (Fsp3) is 0.333. The predicted octanol–water partition coefficient (Wildman–Crippen LogP) is 2.26. The van der Waals surface area contributed by atoms with E-state index in [-0.39, 0.29) is 11.3 Å². The van der Waals surface area contributed by atoms with Gasteiger partial charge in [-0.25, -0.2) is 4.85 Å². The number of nitrogens with zero attached hydrogens (tertiary/aromatic N) is 1. The normalized spacial score (nSPS) is 25.4. The summed E-state index contributed by atoms with van der Waals surface area (Å²) < 4.78 is 0. The molecular weight excluding hydrogens is 202 g/mol. The first-order valence-electron chi connectivity index (χ1n) is 5.23. The van der Waals surface area contributed by atoms with Crippen LogP contribution in [0, 0.1) is 6.57 Å². The molecule has 4 heteroatoms. The Hall–Kier alpha value is -2.02. The zero-order chi connectivity index (χ0) is 11.3. The van der Waals surface area contributed by atoms with Crippen LogP contribution in [0.4, 0.5) is 17.1 Å². The Labute approximate surface area is 93.5 Å². The van der Waals surface area contributed by atoms with Crippen LogP contribution in [0.25, 0.3) is 4.85 Å². The van der Waals surface area contributed by atoms with E-state index >= 15 is 0 Å². The molecule has 0 aromatic heterocycles. The highest BCUT2D eigenvalue weighted by atomic mass is 16.1. The van der Waals surface area contributed by atoms with Gasteiger partial charge < -0.3 is 10.6 Å². The van der Waals surface area contributed by atoms with E-state index in [9.17, 15) is 4.79 Å². The molecule has 1 aromatic carbocycles. The Morgan fingerprint density at radius 3 is 3.06 bits per heavy atom. The SMILES string of the molecule is [C-]#[N+]c1ccc2c3c1NC(=O)CC3(C)CN2. The van der Waals surface area contributed by atoms with Gasteiger partial charge in [-0.1, -0.05) is 13.0 Å². The molecule has 1 unspecified atom stereocenters. The molecule has 1 aromatic rings. The highest BCUT2D eigenvalue weighted by molar-refractivity contribution is 6.02. The lowest BCUT2D eigenvalue weighted by atomic mass is 9.77. The quantitative estimate of drug-likeness (QED) is 0.649. The smallest absolute Gasteiger partial charge is 0.224 e. The third-order valence-electron chi connectivity index (χ3n) is 3.39. The number of hydrogen-bond donors (Lipinski definition) is 2. The molecule has 1 atom stereocenters. The van der Waals surface area contributed by atoms with Crippen molar-refractivity contribution in [3.05, 3.63) is 29.1 Å². The van der Waals surface area contributed by atoms with Crippen LogP contribution in [0.3, 0.4) is 0 Å². The lowest BCUT2D eigenvalue weighted by Gasteiger charge is -2.31. The van der Waals surface area contributed by atoms with Crippen molar-refractivity contribution in [3.8, 4) is 0 Å². The van der Waals surface area contributed by atoms with Crippen molar-refractivity contribution in [2.45, 2.75) is 18.8 Å². The first kappa shape index (κ1) is 9.22. The van der Waals surface area contributed by atoms with Crippen molar-refractivity contribution in [2.24, 2.45) is 0 Å². The van der Waals surface area contributed by atoms with Crippen LogP contribution >= 0.6 is 0 Å². The number of carbonyl (C=O) groups excluding carboxylic acids is 1. The average Bonchev–Trinajstić information content (AvgIpc) is 2.57. The number of hydrogen-bond acceptors (Lipinski definition) is 2. The van der Waals surface area contributed by atoms with Gasteiger partial charge >= 0.3 is 0 Å². The maximum atomic E-state index is 11.6. The molecule has 0 spiro atoms. The molecule has 2 aliphatic heterocycles. The van der Waals surface area contributed by atoms with Crippen LogP contribution in [0.15, 0.2) is 12.1 Å². The van der Waals surface area contributed by atoms with Crippen LogP contribution in [0.5, 0.6) is 0 Å². The molecule has 4 nitrogen and oxygen atoms in total. The second-order valence-corrected chi connectivity index (χ2v) is 4.63. The molecule has 0 aliphatic carbocycles. The largest absolute Gasteiger partial charge is 0.384 e. The van der Waals surface area contributed by atoms with E-state index in [1.807, 2.05) is 6.07 Å². The van der Waals surface area contributed by atoms with Crippen molar-refractivity contribution in [1.82, 2.24) is 0 Å². The number of anilines is 2. The lowest BCUT2D eigenvalue weighted by molar-refractivity contribution is -0.117. The maximum absolute atomic E-state index is 11.6. The third-order valence-corrected chi connectivity index (χ3v) is 3.39. The Kier molecular flexibility index (Phi) is 1.59. The summed E-state index contributed by atoms with van der Waals surface area (Å²) in [6.07, 6.45) is 0.488. The van der Waals surface area contributed by atoms with Gasteiger partial charge in [-0.05, 0) is 11.6 Å². The standard InChI is InChI=1S/C12H11N3O/c1-12-5-9(16)15-11-8(13-2)4-3-7(10(11)12)14-6-12/h3-4,14H,5-6H2,1H3,(H,15,16). The van der Waals surface area contributed by atoms with E-state index in [2.05, 4.69) is 22.4 Å². The Balaban J connectivity index is 2.33. The summed E-state index contributed by atoms with van der Waals surface area (Å²) >= 11 is 0. The van der Waals surface area contributed by atoms with Gasteiger partial charge in [0.2, 0.25) is 11.6 Å². The topological polar surface area (TPSA) is 45.5 Å². The minimum absolute atomic E-state index is 0.000694. The van der Waals surface area contributed by atoms with Crippen molar-refractivity contribution >= 4 is 23.0 Å². The number of carbonyl (C=O) groups is 1. The second-order valence-electron chi connectivity index (χ2n) is 4.63. The van der Waals surface area contributed by atoms with Gasteiger partial charge in [0.25, 0.3) is 0 Å².